The van der Waals surface area contributed by atoms with E-state index in [9.17, 15) is 5.11 Å². The molecule has 0 spiro atoms. The van der Waals surface area contributed by atoms with Crippen molar-refractivity contribution in [2.75, 3.05) is 6.54 Å². The predicted molar refractivity (Wildman–Crippen MR) is 63.2 cm³/mol. The highest BCUT2D eigenvalue weighted by molar-refractivity contribution is 5.17. The van der Waals surface area contributed by atoms with Crippen molar-refractivity contribution in [3.63, 3.8) is 0 Å². The van der Waals surface area contributed by atoms with Crippen molar-refractivity contribution >= 4 is 0 Å². The van der Waals surface area contributed by atoms with E-state index in [0.717, 1.165) is 5.56 Å². The van der Waals surface area contributed by atoms with E-state index >= 15 is 0 Å². The van der Waals surface area contributed by atoms with Crippen LogP contribution in [0.15, 0.2) is 30.3 Å². The Hall–Kier alpha value is -0.860. The van der Waals surface area contributed by atoms with E-state index < -0.39 is 6.10 Å². The minimum absolute atomic E-state index is 0.282. The molecule has 0 aliphatic heterocycles. The molecule has 0 fully saturated rings. The Labute approximate surface area is 87.8 Å². The van der Waals surface area contributed by atoms with Gasteiger partial charge in [-0.25, -0.2) is 0 Å². The number of rotatable bonds is 2. The van der Waals surface area contributed by atoms with Crippen molar-refractivity contribution in [3.8, 4) is 0 Å². The lowest BCUT2D eigenvalue weighted by Crippen LogP contribution is -2.10. The third-order valence-electron chi connectivity index (χ3n) is 1.41. The van der Waals surface area contributed by atoms with Gasteiger partial charge in [0.1, 0.15) is 0 Å². The molecule has 1 atom stereocenters. The van der Waals surface area contributed by atoms with Gasteiger partial charge in [-0.2, -0.15) is 0 Å². The first-order valence-corrected chi connectivity index (χ1v) is 5.27. The van der Waals surface area contributed by atoms with E-state index in [0.29, 0.717) is 0 Å². The molecule has 0 saturated heterocycles. The van der Waals surface area contributed by atoms with Crippen LogP contribution in [0.5, 0.6) is 0 Å². The fourth-order valence-corrected chi connectivity index (χ4v) is 0.811. The molecule has 1 aromatic rings. The van der Waals surface area contributed by atoms with Crippen molar-refractivity contribution in [1.29, 1.82) is 0 Å². The van der Waals surface area contributed by atoms with Gasteiger partial charge >= 0.3 is 0 Å². The number of aliphatic hydroxyl groups is 1. The van der Waals surface area contributed by atoms with Gasteiger partial charge in [-0.1, -0.05) is 58.0 Å². The molecule has 0 unspecified atom stereocenters. The summed E-state index contributed by atoms with van der Waals surface area (Å²) in [6.45, 7) is 8.28. The number of aliphatic hydroxyl groups excluding tert-OH is 1. The van der Waals surface area contributed by atoms with Crippen LogP contribution in [0.3, 0.4) is 0 Å². The second kappa shape index (κ2) is 12.1. The van der Waals surface area contributed by atoms with Gasteiger partial charge in [0.15, 0.2) is 0 Å². The van der Waals surface area contributed by atoms with Crippen molar-refractivity contribution in [1.82, 2.24) is 0 Å². The molecule has 2 heteroatoms. The van der Waals surface area contributed by atoms with Crippen LogP contribution in [0.1, 0.15) is 39.4 Å². The lowest BCUT2D eigenvalue weighted by Gasteiger charge is -2.05. The van der Waals surface area contributed by atoms with Crippen LogP contribution in [0.2, 0.25) is 0 Å². The Morgan fingerprint density at radius 2 is 1.50 bits per heavy atom. The number of hydrogen-bond donors (Lipinski definition) is 2. The highest BCUT2D eigenvalue weighted by atomic mass is 16.3. The van der Waals surface area contributed by atoms with Crippen molar-refractivity contribution in [2.24, 2.45) is 5.73 Å². The normalized spacial score (nSPS) is 10.1. The van der Waals surface area contributed by atoms with Gasteiger partial charge in [0.05, 0.1) is 6.10 Å². The van der Waals surface area contributed by atoms with Crippen LogP contribution in [0, 0.1) is 0 Å². The van der Waals surface area contributed by atoms with E-state index in [4.69, 9.17) is 5.73 Å². The Balaban J connectivity index is 0. The molecule has 2 nitrogen and oxygen atoms in total. The summed E-state index contributed by atoms with van der Waals surface area (Å²) in [4.78, 5) is 0. The molecule has 0 heterocycles. The van der Waals surface area contributed by atoms with Crippen molar-refractivity contribution < 1.29 is 5.11 Å². The summed E-state index contributed by atoms with van der Waals surface area (Å²) >= 11 is 0. The molecule has 0 aliphatic rings. The third kappa shape index (κ3) is 6.63. The van der Waals surface area contributed by atoms with Crippen LogP contribution < -0.4 is 5.73 Å². The van der Waals surface area contributed by atoms with Crippen molar-refractivity contribution in [2.45, 2.75) is 33.8 Å². The van der Waals surface area contributed by atoms with Crippen molar-refractivity contribution in [3.05, 3.63) is 35.9 Å². The van der Waals surface area contributed by atoms with E-state index in [1.165, 1.54) is 0 Å². The first-order chi connectivity index (χ1) is 6.84. The van der Waals surface area contributed by atoms with Crippen LogP contribution in [-0.2, 0) is 0 Å². The minimum Gasteiger partial charge on any atom is -0.387 e. The Kier molecular flexibility index (Phi) is 13.5. The second-order valence-electron chi connectivity index (χ2n) is 2.16. The summed E-state index contributed by atoms with van der Waals surface area (Å²) in [7, 11) is 0. The fraction of sp³-hybridized carbons (Fsp3) is 0.500. The Morgan fingerprint density at radius 1 is 1.07 bits per heavy atom. The largest absolute Gasteiger partial charge is 0.387 e. The fourth-order valence-electron chi connectivity index (χ4n) is 0.811. The molecule has 0 radical (unpaired) electrons. The predicted octanol–water partition coefficient (Wildman–Crippen LogP) is 2.73. The Morgan fingerprint density at radius 3 is 1.86 bits per heavy atom. The molecular formula is C12H23NO. The standard InChI is InChI=1S/C8H11NO.2C2H6/c9-6-8(10)7-4-2-1-3-5-7;2*1-2/h1-5,8,10H,6,9H2;2*1-2H3/t8-;;/m1../s1. The second-order valence-corrected chi connectivity index (χ2v) is 2.16. The molecular weight excluding hydrogens is 174 g/mol. The quantitative estimate of drug-likeness (QED) is 0.765. The molecule has 3 N–H and O–H groups in total. The monoisotopic (exact) mass is 197 g/mol. The van der Waals surface area contributed by atoms with E-state index in [1.54, 1.807) is 0 Å². The average Bonchev–Trinajstić information content (AvgIpc) is 2.34. The van der Waals surface area contributed by atoms with Crippen LogP contribution >= 0.6 is 0 Å². The zero-order chi connectivity index (χ0) is 11.4. The molecule has 0 aliphatic carbocycles. The first-order valence-electron chi connectivity index (χ1n) is 5.27. The van der Waals surface area contributed by atoms with Gasteiger partial charge in [0, 0.05) is 6.54 Å². The van der Waals surface area contributed by atoms with Gasteiger partial charge in [-0.05, 0) is 5.56 Å². The summed E-state index contributed by atoms with van der Waals surface area (Å²) in [5.41, 5.74) is 6.13. The summed E-state index contributed by atoms with van der Waals surface area (Å²) < 4.78 is 0. The van der Waals surface area contributed by atoms with E-state index in [2.05, 4.69) is 0 Å². The first kappa shape index (κ1) is 15.6. The number of hydrogen-bond acceptors (Lipinski definition) is 2. The average molecular weight is 197 g/mol. The van der Waals surface area contributed by atoms with Crippen LogP contribution in [-0.4, -0.2) is 11.7 Å². The smallest absolute Gasteiger partial charge is 0.0912 e. The summed E-state index contributed by atoms with van der Waals surface area (Å²) in [6.07, 6.45) is -0.513. The van der Waals surface area contributed by atoms with Crippen LogP contribution in [0.4, 0.5) is 0 Å². The molecule has 82 valence electrons. The highest BCUT2D eigenvalue weighted by Gasteiger charge is 2.01. The van der Waals surface area contributed by atoms with Gasteiger partial charge in [0.25, 0.3) is 0 Å². The maximum absolute atomic E-state index is 9.20. The molecule has 0 bridgehead atoms. The molecule has 0 aromatic heterocycles. The molecule has 0 saturated carbocycles. The molecule has 0 amide bonds. The third-order valence-corrected chi connectivity index (χ3v) is 1.41. The molecule has 1 aromatic carbocycles. The minimum atomic E-state index is -0.513. The number of nitrogens with two attached hydrogens (primary N) is 1. The summed E-state index contributed by atoms with van der Waals surface area (Å²) in [5.74, 6) is 0. The van der Waals surface area contributed by atoms with Gasteiger partial charge in [-0.3, -0.25) is 0 Å². The summed E-state index contributed by atoms with van der Waals surface area (Å²) in [6, 6.07) is 9.39. The lowest BCUT2D eigenvalue weighted by atomic mass is 10.1. The highest BCUT2D eigenvalue weighted by Crippen LogP contribution is 2.08. The maximum Gasteiger partial charge on any atom is 0.0912 e. The van der Waals surface area contributed by atoms with Gasteiger partial charge in [0.2, 0.25) is 0 Å². The topological polar surface area (TPSA) is 46.2 Å². The maximum atomic E-state index is 9.20. The summed E-state index contributed by atoms with van der Waals surface area (Å²) in [5, 5.41) is 9.20. The zero-order valence-corrected chi connectivity index (χ0v) is 9.70. The molecule has 1 rings (SSSR count). The lowest BCUT2D eigenvalue weighted by molar-refractivity contribution is 0.187. The van der Waals surface area contributed by atoms with E-state index in [1.807, 2.05) is 58.0 Å². The van der Waals surface area contributed by atoms with E-state index in [-0.39, 0.29) is 6.54 Å². The van der Waals surface area contributed by atoms with Gasteiger partial charge in [-0.15, -0.1) is 0 Å². The SMILES string of the molecule is CC.CC.NC[C@@H](O)c1ccccc1. The Bertz CT molecular complexity index is 187. The van der Waals surface area contributed by atoms with Crippen LogP contribution in [0.25, 0.3) is 0 Å². The number of benzene rings is 1. The van der Waals surface area contributed by atoms with Gasteiger partial charge < -0.3 is 10.8 Å². The zero-order valence-electron chi connectivity index (χ0n) is 9.70. The molecule has 14 heavy (non-hydrogen) atoms.